The number of hydrogen-bond acceptors (Lipinski definition) is 4. The molecular formula is C10H14N4O. The number of aromatic nitrogens is 3. The van der Waals surface area contributed by atoms with Gasteiger partial charge in [0.05, 0.1) is 11.7 Å². The van der Waals surface area contributed by atoms with Gasteiger partial charge in [-0.25, -0.2) is 0 Å². The minimum atomic E-state index is -0.0342. The number of rotatable bonds is 1. The van der Waals surface area contributed by atoms with Crippen LogP contribution in [-0.2, 0) is 5.54 Å². The van der Waals surface area contributed by atoms with E-state index < -0.39 is 0 Å². The second kappa shape index (κ2) is 3.12. The minimum Gasteiger partial charge on any atom is -0.368 e. The molecule has 2 aromatic heterocycles. The molecule has 0 unspecified atom stereocenters. The number of nitrogen functional groups attached to an aromatic ring is 1. The van der Waals surface area contributed by atoms with Crippen LogP contribution in [0.4, 0.5) is 5.88 Å². The van der Waals surface area contributed by atoms with Crippen molar-refractivity contribution in [3.8, 4) is 11.3 Å². The molecule has 0 bridgehead atoms. The Kier molecular flexibility index (Phi) is 2.03. The molecule has 5 heteroatoms. The Balaban J connectivity index is 2.36. The molecule has 0 aromatic carbocycles. The van der Waals surface area contributed by atoms with Crippen LogP contribution in [0.5, 0.6) is 0 Å². The molecule has 0 saturated carbocycles. The summed E-state index contributed by atoms with van der Waals surface area (Å²) < 4.78 is 6.69. The van der Waals surface area contributed by atoms with Gasteiger partial charge in [0.15, 0.2) is 0 Å². The van der Waals surface area contributed by atoms with Crippen molar-refractivity contribution in [2.24, 2.45) is 0 Å². The summed E-state index contributed by atoms with van der Waals surface area (Å²) in [4.78, 5) is 0. The summed E-state index contributed by atoms with van der Waals surface area (Å²) in [6.07, 6.45) is 3.68. The molecule has 2 N–H and O–H groups in total. The first-order chi connectivity index (χ1) is 6.97. The first kappa shape index (κ1) is 9.76. The zero-order valence-electron chi connectivity index (χ0n) is 9.06. The maximum absolute atomic E-state index is 5.45. The smallest absolute Gasteiger partial charge is 0.222 e. The predicted octanol–water partition coefficient (Wildman–Crippen LogP) is 1.88. The Labute approximate surface area is 87.9 Å². The van der Waals surface area contributed by atoms with E-state index in [1.54, 1.807) is 12.3 Å². The maximum atomic E-state index is 5.45. The highest BCUT2D eigenvalue weighted by Crippen LogP contribution is 2.22. The van der Waals surface area contributed by atoms with E-state index in [0.29, 0.717) is 11.6 Å². The molecule has 2 heterocycles. The van der Waals surface area contributed by atoms with Crippen LogP contribution < -0.4 is 5.73 Å². The molecule has 0 radical (unpaired) electrons. The van der Waals surface area contributed by atoms with Crippen LogP contribution in [0.2, 0.25) is 0 Å². The van der Waals surface area contributed by atoms with Gasteiger partial charge in [-0.3, -0.25) is 4.68 Å². The first-order valence-electron chi connectivity index (χ1n) is 4.74. The SMILES string of the molecule is CC(C)(C)n1cc(-c2cc(N)on2)cn1. The maximum Gasteiger partial charge on any atom is 0.222 e. The summed E-state index contributed by atoms with van der Waals surface area (Å²) in [7, 11) is 0. The van der Waals surface area contributed by atoms with Gasteiger partial charge in [-0.2, -0.15) is 5.10 Å². The summed E-state index contributed by atoms with van der Waals surface area (Å²) in [5.41, 5.74) is 7.04. The lowest BCUT2D eigenvalue weighted by molar-refractivity contribution is 0.355. The molecule has 15 heavy (non-hydrogen) atoms. The molecule has 0 spiro atoms. The molecule has 0 saturated heterocycles. The monoisotopic (exact) mass is 206 g/mol. The molecular weight excluding hydrogens is 192 g/mol. The number of anilines is 1. The zero-order chi connectivity index (χ0) is 11.1. The Morgan fingerprint density at radius 1 is 1.40 bits per heavy atom. The molecule has 0 fully saturated rings. The lowest BCUT2D eigenvalue weighted by Crippen LogP contribution is -2.21. The fourth-order valence-corrected chi connectivity index (χ4v) is 1.25. The fraction of sp³-hybridized carbons (Fsp3) is 0.400. The third kappa shape index (κ3) is 1.86. The van der Waals surface area contributed by atoms with E-state index in [1.807, 2.05) is 10.9 Å². The van der Waals surface area contributed by atoms with Gasteiger partial charge in [-0.15, -0.1) is 0 Å². The van der Waals surface area contributed by atoms with Gasteiger partial charge < -0.3 is 10.3 Å². The minimum absolute atomic E-state index is 0.0342. The third-order valence-corrected chi connectivity index (χ3v) is 2.09. The second-order valence-corrected chi connectivity index (χ2v) is 4.46. The van der Waals surface area contributed by atoms with Gasteiger partial charge in [-0.1, -0.05) is 5.16 Å². The third-order valence-electron chi connectivity index (χ3n) is 2.09. The highest BCUT2D eigenvalue weighted by atomic mass is 16.5. The topological polar surface area (TPSA) is 69.9 Å². The average molecular weight is 206 g/mol. The Hall–Kier alpha value is -1.78. The molecule has 2 rings (SSSR count). The van der Waals surface area contributed by atoms with Crippen molar-refractivity contribution < 1.29 is 4.52 Å². The van der Waals surface area contributed by atoms with Crippen molar-refractivity contribution >= 4 is 5.88 Å². The van der Waals surface area contributed by atoms with Crippen LogP contribution in [0.1, 0.15) is 20.8 Å². The zero-order valence-corrected chi connectivity index (χ0v) is 9.06. The summed E-state index contributed by atoms with van der Waals surface area (Å²) >= 11 is 0. The van der Waals surface area contributed by atoms with E-state index in [1.165, 1.54) is 0 Å². The van der Waals surface area contributed by atoms with Crippen molar-refractivity contribution in [3.63, 3.8) is 0 Å². The van der Waals surface area contributed by atoms with Crippen molar-refractivity contribution in [2.75, 3.05) is 5.73 Å². The summed E-state index contributed by atoms with van der Waals surface area (Å²) in [6, 6.07) is 1.68. The lowest BCUT2D eigenvalue weighted by Gasteiger charge is -2.18. The molecule has 0 aliphatic carbocycles. The van der Waals surface area contributed by atoms with Crippen LogP contribution >= 0.6 is 0 Å². The Bertz CT molecular complexity index is 464. The summed E-state index contributed by atoms with van der Waals surface area (Å²) in [5.74, 6) is 0.313. The van der Waals surface area contributed by atoms with Crippen LogP contribution in [0, 0.1) is 0 Å². The molecule has 0 aliphatic rings. The van der Waals surface area contributed by atoms with Gasteiger partial charge in [0, 0.05) is 17.8 Å². The largest absolute Gasteiger partial charge is 0.368 e. The highest BCUT2D eigenvalue weighted by Gasteiger charge is 2.15. The molecule has 80 valence electrons. The van der Waals surface area contributed by atoms with Crippen LogP contribution in [0.25, 0.3) is 11.3 Å². The van der Waals surface area contributed by atoms with Crippen molar-refractivity contribution in [3.05, 3.63) is 18.5 Å². The quantitative estimate of drug-likeness (QED) is 0.773. The Morgan fingerprint density at radius 3 is 2.60 bits per heavy atom. The fourth-order valence-electron chi connectivity index (χ4n) is 1.25. The standard InChI is InChI=1S/C10H14N4O/c1-10(2,3)14-6-7(5-12-14)8-4-9(11)15-13-8/h4-6H,11H2,1-3H3. The molecule has 0 amide bonds. The lowest BCUT2D eigenvalue weighted by atomic mass is 10.1. The van der Waals surface area contributed by atoms with E-state index in [9.17, 15) is 0 Å². The van der Waals surface area contributed by atoms with Crippen molar-refractivity contribution in [1.82, 2.24) is 14.9 Å². The normalized spacial score (nSPS) is 11.9. The van der Waals surface area contributed by atoms with E-state index in [2.05, 4.69) is 31.0 Å². The van der Waals surface area contributed by atoms with Gasteiger partial charge in [0.2, 0.25) is 5.88 Å². The van der Waals surface area contributed by atoms with Crippen LogP contribution in [-0.4, -0.2) is 14.9 Å². The predicted molar refractivity (Wildman–Crippen MR) is 57.1 cm³/mol. The van der Waals surface area contributed by atoms with Gasteiger partial charge in [0.25, 0.3) is 0 Å². The summed E-state index contributed by atoms with van der Waals surface area (Å²) in [5, 5.41) is 8.10. The molecule has 0 atom stereocenters. The van der Waals surface area contributed by atoms with E-state index in [-0.39, 0.29) is 5.54 Å². The number of hydrogen-bond donors (Lipinski definition) is 1. The number of nitrogens with zero attached hydrogens (tertiary/aromatic N) is 3. The van der Waals surface area contributed by atoms with Crippen LogP contribution in [0.3, 0.4) is 0 Å². The second-order valence-electron chi connectivity index (χ2n) is 4.46. The Morgan fingerprint density at radius 2 is 2.13 bits per heavy atom. The molecule has 0 aliphatic heterocycles. The van der Waals surface area contributed by atoms with Gasteiger partial charge in [-0.05, 0) is 20.8 Å². The van der Waals surface area contributed by atoms with Crippen molar-refractivity contribution in [1.29, 1.82) is 0 Å². The van der Waals surface area contributed by atoms with Gasteiger partial charge >= 0.3 is 0 Å². The van der Waals surface area contributed by atoms with E-state index >= 15 is 0 Å². The first-order valence-corrected chi connectivity index (χ1v) is 4.74. The highest BCUT2D eigenvalue weighted by molar-refractivity contribution is 5.59. The van der Waals surface area contributed by atoms with Crippen molar-refractivity contribution in [2.45, 2.75) is 26.3 Å². The van der Waals surface area contributed by atoms with Gasteiger partial charge in [0.1, 0.15) is 5.69 Å². The molecule has 5 nitrogen and oxygen atoms in total. The number of nitrogens with two attached hydrogens (primary N) is 1. The average Bonchev–Trinajstić information content (AvgIpc) is 2.69. The van der Waals surface area contributed by atoms with E-state index in [0.717, 1.165) is 5.56 Å². The summed E-state index contributed by atoms with van der Waals surface area (Å²) in [6.45, 7) is 6.25. The van der Waals surface area contributed by atoms with Crippen LogP contribution in [0.15, 0.2) is 23.0 Å². The van der Waals surface area contributed by atoms with E-state index in [4.69, 9.17) is 10.3 Å². The molecule has 2 aromatic rings.